The molecule has 0 heterocycles. The van der Waals surface area contributed by atoms with Crippen LogP contribution in [-0.2, 0) is 11.4 Å². The molecule has 2 rings (SSSR count). The van der Waals surface area contributed by atoms with Gasteiger partial charge in [0.05, 0.1) is 11.8 Å². The van der Waals surface area contributed by atoms with Crippen LogP contribution < -0.4 is 0 Å². The summed E-state index contributed by atoms with van der Waals surface area (Å²) in [5.41, 5.74) is 0.555. The summed E-state index contributed by atoms with van der Waals surface area (Å²) >= 11 is 0. The molecule has 0 fully saturated rings. The SMILES string of the molecule is Cc1cccc(C=NOCc2c(F)c(F)c(F)c(F)c2F)c1. The van der Waals surface area contributed by atoms with Crippen molar-refractivity contribution in [1.29, 1.82) is 0 Å². The average Bonchev–Trinajstić information content (AvgIpc) is 2.50. The first-order chi connectivity index (χ1) is 10.4. The Kier molecular flexibility index (Phi) is 4.75. The number of oxime groups is 1. The molecule has 0 atom stereocenters. The van der Waals surface area contributed by atoms with Gasteiger partial charge >= 0.3 is 0 Å². The summed E-state index contributed by atoms with van der Waals surface area (Å²) in [7, 11) is 0. The third kappa shape index (κ3) is 3.24. The Bertz CT molecular complexity index is 701. The second-order valence-electron chi connectivity index (χ2n) is 4.47. The summed E-state index contributed by atoms with van der Waals surface area (Å²) in [5, 5.41) is 3.45. The highest BCUT2D eigenvalue weighted by Gasteiger charge is 2.25. The van der Waals surface area contributed by atoms with Gasteiger partial charge in [-0.3, -0.25) is 0 Å². The Hall–Kier alpha value is -2.44. The third-order valence-corrected chi connectivity index (χ3v) is 2.83. The van der Waals surface area contributed by atoms with Crippen LogP contribution in [-0.4, -0.2) is 6.21 Å². The van der Waals surface area contributed by atoms with E-state index in [1.807, 2.05) is 13.0 Å². The van der Waals surface area contributed by atoms with Crippen LogP contribution in [0.15, 0.2) is 29.4 Å². The summed E-state index contributed by atoms with van der Waals surface area (Å²) in [6.45, 7) is 0.973. The van der Waals surface area contributed by atoms with Crippen LogP contribution >= 0.6 is 0 Å². The number of hydrogen-bond donors (Lipinski definition) is 0. The lowest BCUT2D eigenvalue weighted by Crippen LogP contribution is -2.07. The van der Waals surface area contributed by atoms with Crippen molar-refractivity contribution in [3.05, 3.63) is 70.0 Å². The van der Waals surface area contributed by atoms with Crippen LogP contribution in [0, 0.1) is 36.0 Å². The van der Waals surface area contributed by atoms with Crippen LogP contribution in [0.3, 0.4) is 0 Å². The molecule has 0 amide bonds. The summed E-state index contributed by atoms with van der Waals surface area (Å²) in [4.78, 5) is 4.61. The molecule has 2 aromatic rings. The lowest BCUT2D eigenvalue weighted by atomic mass is 10.2. The summed E-state index contributed by atoms with van der Waals surface area (Å²) in [6.07, 6.45) is 1.26. The highest BCUT2D eigenvalue weighted by molar-refractivity contribution is 5.79. The van der Waals surface area contributed by atoms with Gasteiger partial charge in [-0.05, 0) is 12.5 Å². The van der Waals surface area contributed by atoms with E-state index in [0.29, 0.717) is 5.56 Å². The van der Waals surface area contributed by atoms with Crippen molar-refractivity contribution in [2.75, 3.05) is 0 Å². The van der Waals surface area contributed by atoms with Crippen LogP contribution in [0.2, 0.25) is 0 Å². The van der Waals surface area contributed by atoms with Gasteiger partial charge in [0.25, 0.3) is 0 Å². The molecule has 0 aliphatic rings. The van der Waals surface area contributed by atoms with Crippen molar-refractivity contribution in [3.63, 3.8) is 0 Å². The lowest BCUT2D eigenvalue weighted by molar-refractivity contribution is 0.124. The Morgan fingerprint density at radius 3 is 2.14 bits per heavy atom. The summed E-state index contributed by atoms with van der Waals surface area (Å²) < 4.78 is 65.5. The highest BCUT2D eigenvalue weighted by Crippen LogP contribution is 2.23. The first-order valence-corrected chi connectivity index (χ1v) is 6.14. The molecule has 0 spiro atoms. The normalized spacial score (nSPS) is 11.2. The van der Waals surface area contributed by atoms with Gasteiger partial charge in [0.15, 0.2) is 23.3 Å². The fraction of sp³-hybridized carbons (Fsp3) is 0.133. The molecule has 2 nitrogen and oxygen atoms in total. The number of aryl methyl sites for hydroxylation is 1. The monoisotopic (exact) mass is 315 g/mol. The lowest BCUT2D eigenvalue weighted by Gasteiger charge is -2.06. The number of benzene rings is 2. The largest absolute Gasteiger partial charge is 0.391 e. The highest BCUT2D eigenvalue weighted by atomic mass is 19.2. The van der Waals surface area contributed by atoms with E-state index in [4.69, 9.17) is 0 Å². The van der Waals surface area contributed by atoms with E-state index in [0.717, 1.165) is 5.56 Å². The van der Waals surface area contributed by atoms with Crippen LogP contribution in [0.4, 0.5) is 22.0 Å². The summed E-state index contributed by atoms with van der Waals surface area (Å²) in [6, 6.07) is 7.09. The number of rotatable bonds is 4. The average molecular weight is 315 g/mol. The van der Waals surface area contributed by atoms with Crippen LogP contribution in [0.5, 0.6) is 0 Å². The number of halogens is 5. The zero-order chi connectivity index (χ0) is 16.3. The molecule has 0 unspecified atom stereocenters. The van der Waals surface area contributed by atoms with Crippen LogP contribution in [0.25, 0.3) is 0 Å². The van der Waals surface area contributed by atoms with Gasteiger partial charge < -0.3 is 4.84 Å². The van der Waals surface area contributed by atoms with Gasteiger partial charge in [-0.15, -0.1) is 0 Å². The van der Waals surface area contributed by atoms with E-state index in [1.165, 1.54) is 6.21 Å². The minimum Gasteiger partial charge on any atom is -0.391 e. The topological polar surface area (TPSA) is 21.6 Å². The molecule has 0 N–H and O–H groups in total. The first kappa shape index (κ1) is 15.9. The molecule has 0 aromatic heterocycles. The van der Waals surface area contributed by atoms with Gasteiger partial charge in [0, 0.05) is 0 Å². The molecule has 0 bridgehead atoms. The third-order valence-electron chi connectivity index (χ3n) is 2.83. The van der Waals surface area contributed by atoms with Gasteiger partial charge in [-0.25, -0.2) is 22.0 Å². The molecule has 116 valence electrons. The van der Waals surface area contributed by atoms with E-state index in [-0.39, 0.29) is 0 Å². The number of hydrogen-bond acceptors (Lipinski definition) is 2. The molecule has 7 heteroatoms. The fourth-order valence-electron chi connectivity index (χ4n) is 1.73. The Balaban J connectivity index is 2.13. The van der Waals surface area contributed by atoms with Gasteiger partial charge in [0.2, 0.25) is 5.82 Å². The van der Waals surface area contributed by atoms with E-state index in [1.54, 1.807) is 18.2 Å². The molecule has 0 aliphatic carbocycles. The molecule has 0 saturated carbocycles. The van der Waals surface area contributed by atoms with E-state index in [9.17, 15) is 22.0 Å². The Morgan fingerprint density at radius 2 is 1.55 bits per heavy atom. The Labute approximate surface area is 122 Å². The van der Waals surface area contributed by atoms with Gasteiger partial charge in [-0.2, -0.15) is 0 Å². The van der Waals surface area contributed by atoms with Crippen molar-refractivity contribution in [1.82, 2.24) is 0 Å². The van der Waals surface area contributed by atoms with E-state index in [2.05, 4.69) is 9.99 Å². The second-order valence-corrected chi connectivity index (χ2v) is 4.47. The van der Waals surface area contributed by atoms with E-state index < -0.39 is 41.3 Å². The maximum Gasteiger partial charge on any atom is 0.200 e. The maximum absolute atomic E-state index is 13.4. The van der Waals surface area contributed by atoms with Crippen molar-refractivity contribution in [2.24, 2.45) is 5.16 Å². The quantitative estimate of drug-likeness (QED) is 0.272. The zero-order valence-corrected chi connectivity index (χ0v) is 11.3. The predicted octanol–water partition coefficient (Wildman–Crippen LogP) is 4.24. The van der Waals surface area contributed by atoms with Gasteiger partial charge in [-0.1, -0.05) is 35.0 Å². The first-order valence-electron chi connectivity index (χ1n) is 6.14. The van der Waals surface area contributed by atoms with Crippen molar-refractivity contribution in [3.8, 4) is 0 Å². The molecule has 0 saturated heterocycles. The molecule has 22 heavy (non-hydrogen) atoms. The standard InChI is InChI=1S/C15H10F5NO/c1-8-3-2-4-9(5-8)6-21-22-7-10-11(16)13(18)15(20)14(19)12(10)17/h2-6H,7H2,1H3. The minimum atomic E-state index is -2.21. The molecule has 2 aromatic carbocycles. The molecule has 0 aliphatic heterocycles. The summed E-state index contributed by atoms with van der Waals surface area (Å²) in [5.74, 6) is -10.1. The van der Waals surface area contributed by atoms with Gasteiger partial charge in [0.1, 0.15) is 6.61 Å². The fourth-order valence-corrected chi connectivity index (χ4v) is 1.73. The molecule has 0 radical (unpaired) electrons. The van der Waals surface area contributed by atoms with E-state index >= 15 is 0 Å². The Morgan fingerprint density at radius 1 is 0.955 bits per heavy atom. The molecular weight excluding hydrogens is 305 g/mol. The predicted molar refractivity (Wildman–Crippen MR) is 69.8 cm³/mol. The van der Waals surface area contributed by atoms with Crippen molar-refractivity contribution < 1.29 is 26.8 Å². The van der Waals surface area contributed by atoms with Crippen molar-refractivity contribution >= 4 is 6.21 Å². The number of nitrogens with zero attached hydrogens (tertiary/aromatic N) is 1. The van der Waals surface area contributed by atoms with Crippen LogP contribution in [0.1, 0.15) is 16.7 Å². The smallest absolute Gasteiger partial charge is 0.200 e. The second kappa shape index (κ2) is 6.55. The zero-order valence-electron chi connectivity index (χ0n) is 11.3. The molecular formula is C15H10F5NO. The maximum atomic E-state index is 13.4. The minimum absolute atomic E-state index is 0.664. The van der Waals surface area contributed by atoms with Crippen molar-refractivity contribution in [2.45, 2.75) is 13.5 Å².